The Morgan fingerprint density at radius 3 is 2.48 bits per heavy atom. The molecule has 0 radical (unpaired) electrons. The summed E-state index contributed by atoms with van der Waals surface area (Å²) in [5.74, 6) is 1.73. The lowest BCUT2D eigenvalue weighted by Crippen LogP contribution is -2.40. The molecule has 4 nitrogen and oxygen atoms in total. The predicted molar refractivity (Wildman–Crippen MR) is 83.5 cm³/mol. The zero-order chi connectivity index (χ0) is 15.4. The van der Waals surface area contributed by atoms with Gasteiger partial charge in [-0.05, 0) is 37.8 Å². The molecule has 1 heterocycles. The van der Waals surface area contributed by atoms with E-state index in [0.29, 0.717) is 23.0 Å². The number of hydrogen-bond acceptors (Lipinski definition) is 3. The molecule has 21 heavy (non-hydrogen) atoms. The van der Waals surface area contributed by atoms with Crippen molar-refractivity contribution in [2.45, 2.75) is 25.1 Å². The van der Waals surface area contributed by atoms with Gasteiger partial charge in [-0.25, -0.2) is 0 Å². The minimum Gasteiger partial charge on any atom is -0.497 e. The molecule has 0 saturated carbocycles. The second kappa shape index (κ2) is 7.03. The highest BCUT2D eigenvalue weighted by Crippen LogP contribution is 2.29. The van der Waals surface area contributed by atoms with Gasteiger partial charge in [0, 0.05) is 24.5 Å². The number of carbonyl (C=O) groups excluding carboxylic acids is 1. The molecule has 0 spiro atoms. The maximum absolute atomic E-state index is 12.6. The van der Waals surface area contributed by atoms with E-state index in [2.05, 4.69) is 0 Å². The van der Waals surface area contributed by atoms with Crippen molar-refractivity contribution in [3.63, 3.8) is 0 Å². The molecule has 5 heteroatoms. The lowest BCUT2D eigenvalue weighted by atomic mass is 9.93. The summed E-state index contributed by atoms with van der Waals surface area (Å²) in [5, 5.41) is 0.165. The van der Waals surface area contributed by atoms with Crippen LogP contribution in [0.5, 0.6) is 11.5 Å². The third-order valence-corrected chi connectivity index (χ3v) is 4.47. The molecule has 1 saturated heterocycles. The highest BCUT2D eigenvalue weighted by atomic mass is 35.5. The first-order valence-electron chi connectivity index (χ1n) is 7.22. The van der Waals surface area contributed by atoms with Gasteiger partial charge in [-0.2, -0.15) is 0 Å². The van der Waals surface area contributed by atoms with Crippen LogP contribution in [0.25, 0.3) is 0 Å². The van der Waals surface area contributed by atoms with Gasteiger partial charge in [-0.15, -0.1) is 11.6 Å². The van der Waals surface area contributed by atoms with Gasteiger partial charge in [0.25, 0.3) is 5.91 Å². The molecule has 0 N–H and O–H groups in total. The monoisotopic (exact) mass is 311 g/mol. The van der Waals surface area contributed by atoms with Crippen LogP contribution >= 0.6 is 11.6 Å². The SMILES string of the molecule is COc1ccc(C(=O)N2CCC(C(C)Cl)CC2)c(OC)c1. The van der Waals surface area contributed by atoms with Crippen molar-refractivity contribution >= 4 is 17.5 Å². The van der Waals surface area contributed by atoms with Crippen LogP contribution in [0, 0.1) is 5.92 Å². The van der Waals surface area contributed by atoms with Crippen molar-refractivity contribution in [2.24, 2.45) is 5.92 Å². The lowest BCUT2D eigenvalue weighted by Gasteiger charge is -2.33. The number of rotatable bonds is 4. The zero-order valence-corrected chi connectivity index (χ0v) is 13.5. The van der Waals surface area contributed by atoms with Crippen LogP contribution in [-0.2, 0) is 0 Å². The first-order valence-corrected chi connectivity index (χ1v) is 7.65. The molecule has 1 fully saturated rings. The molecule has 1 aromatic rings. The maximum atomic E-state index is 12.6. The van der Waals surface area contributed by atoms with Crippen molar-refractivity contribution in [1.29, 1.82) is 0 Å². The quantitative estimate of drug-likeness (QED) is 0.802. The Morgan fingerprint density at radius 2 is 1.95 bits per heavy atom. The van der Waals surface area contributed by atoms with E-state index in [1.165, 1.54) is 0 Å². The number of nitrogens with zero attached hydrogens (tertiary/aromatic N) is 1. The van der Waals surface area contributed by atoms with Crippen LogP contribution in [0.2, 0.25) is 0 Å². The van der Waals surface area contributed by atoms with Gasteiger partial charge in [-0.3, -0.25) is 4.79 Å². The van der Waals surface area contributed by atoms with Crippen molar-refractivity contribution < 1.29 is 14.3 Å². The molecule has 1 amide bonds. The summed E-state index contributed by atoms with van der Waals surface area (Å²) in [5.41, 5.74) is 0.579. The van der Waals surface area contributed by atoms with E-state index >= 15 is 0 Å². The third kappa shape index (κ3) is 3.62. The first-order chi connectivity index (χ1) is 10.1. The van der Waals surface area contributed by atoms with E-state index in [9.17, 15) is 4.79 Å². The molecule has 116 valence electrons. The van der Waals surface area contributed by atoms with Crippen molar-refractivity contribution in [2.75, 3.05) is 27.3 Å². The summed E-state index contributed by atoms with van der Waals surface area (Å²) in [6, 6.07) is 5.28. The highest BCUT2D eigenvalue weighted by molar-refractivity contribution is 6.20. The van der Waals surface area contributed by atoms with Gasteiger partial charge in [0.1, 0.15) is 11.5 Å². The van der Waals surface area contributed by atoms with Gasteiger partial charge in [-0.1, -0.05) is 0 Å². The second-order valence-corrected chi connectivity index (χ2v) is 6.06. The largest absolute Gasteiger partial charge is 0.497 e. The van der Waals surface area contributed by atoms with E-state index in [-0.39, 0.29) is 11.3 Å². The van der Waals surface area contributed by atoms with Crippen molar-refractivity contribution in [1.82, 2.24) is 4.90 Å². The smallest absolute Gasteiger partial charge is 0.257 e. The fraction of sp³-hybridized carbons (Fsp3) is 0.562. The summed E-state index contributed by atoms with van der Waals surface area (Å²) < 4.78 is 10.5. The van der Waals surface area contributed by atoms with E-state index < -0.39 is 0 Å². The predicted octanol–water partition coefficient (Wildman–Crippen LogP) is 3.18. The molecule has 1 aliphatic heterocycles. The van der Waals surface area contributed by atoms with E-state index in [1.54, 1.807) is 32.4 Å². The molecule has 0 bridgehead atoms. The lowest BCUT2D eigenvalue weighted by molar-refractivity contribution is 0.0686. The van der Waals surface area contributed by atoms with Crippen LogP contribution in [-0.4, -0.2) is 43.5 Å². The standard InChI is InChI=1S/C16H22ClNO3/c1-11(17)12-6-8-18(9-7-12)16(19)14-5-4-13(20-2)10-15(14)21-3/h4-5,10-12H,6-9H2,1-3H3. The maximum Gasteiger partial charge on any atom is 0.257 e. The number of carbonyl (C=O) groups is 1. The number of benzene rings is 1. The van der Waals surface area contributed by atoms with E-state index in [0.717, 1.165) is 25.9 Å². The number of alkyl halides is 1. The van der Waals surface area contributed by atoms with Gasteiger partial charge in [0.2, 0.25) is 0 Å². The Labute approximate surface area is 131 Å². The van der Waals surface area contributed by atoms with Crippen LogP contribution in [0.1, 0.15) is 30.1 Å². The van der Waals surface area contributed by atoms with Crippen LogP contribution in [0.3, 0.4) is 0 Å². The molecule has 1 aromatic carbocycles. The van der Waals surface area contributed by atoms with Gasteiger partial charge in [0.15, 0.2) is 0 Å². The molecule has 0 aromatic heterocycles. The topological polar surface area (TPSA) is 38.8 Å². The number of methoxy groups -OCH3 is 2. The minimum atomic E-state index is 0.00942. The molecule has 2 rings (SSSR count). The van der Waals surface area contributed by atoms with Crippen LogP contribution < -0.4 is 9.47 Å². The summed E-state index contributed by atoms with van der Waals surface area (Å²) in [6.07, 6.45) is 1.91. The molecular weight excluding hydrogens is 290 g/mol. The number of piperidine rings is 1. The first kappa shape index (κ1) is 16.0. The van der Waals surface area contributed by atoms with E-state index in [4.69, 9.17) is 21.1 Å². The number of hydrogen-bond donors (Lipinski definition) is 0. The molecule has 0 aliphatic carbocycles. The molecule has 1 atom stereocenters. The Balaban J connectivity index is 2.10. The average molecular weight is 312 g/mol. The van der Waals surface area contributed by atoms with Crippen LogP contribution in [0.15, 0.2) is 18.2 Å². The number of likely N-dealkylation sites (tertiary alicyclic amines) is 1. The Kier molecular flexibility index (Phi) is 5.34. The fourth-order valence-corrected chi connectivity index (χ4v) is 2.96. The highest BCUT2D eigenvalue weighted by Gasteiger charge is 2.27. The van der Waals surface area contributed by atoms with Gasteiger partial charge >= 0.3 is 0 Å². The average Bonchev–Trinajstić information content (AvgIpc) is 2.53. The molecular formula is C16H22ClNO3. The minimum absolute atomic E-state index is 0.00942. The van der Waals surface area contributed by atoms with Crippen molar-refractivity contribution in [3.8, 4) is 11.5 Å². The molecule has 1 unspecified atom stereocenters. The van der Waals surface area contributed by atoms with Gasteiger partial charge < -0.3 is 14.4 Å². The summed E-state index contributed by atoms with van der Waals surface area (Å²) in [6.45, 7) is 3.52. The number of ether oxygens (including phenoxy) is 2. The summed E-state index contributed by atoms with van der Waals surface area (Å²) in [4.78, 5) is 14.5. The summed E-state index contributed by atoms with van der Waals surface area (Å²) in [7, 11) is 3.15. The second-order valence-electron chi connectivity index (χ2n) is 5.37. The third-order valence-electron chi connectivity index (χ3n) is 4.12. The molecule has 1 aliphatic rings. The summed E-state index contributed by atoms with van der Waals surface area (Å²) >= 11 is 6.14. The van der Waals surface area contributed by atoms with E-state index in [1.807, 2.05) is 11.8 Å². The van der Waals surface area contributed by atoms with Gasteiger partial charge in [0.05, 0.1) is 19.8 Å². The zero-order valence-electron chi connectivity index (χ0n) is 12.8. The normalized spacial score (nSPS) is 17.4. The number of amides is 1. The number of halogens is 1. The Hall–Kier alpha value is -1.42. The van der Waals surface area contributed by atoms with Crippen LogP contribution in [0.4, 0.5) is 0 Å². The Bertz CT molecular complexity index is 496. The van der Waals surface area contributed by atoms with Crippen molar-refractivity contribution in [3.05, 3.63) is 23.8 Å². The fourth-order valence-electron chi connectivity index (χ4n) is 2.71. The Morgan fingerprint density at radius 1 is 1.29 bits per heavy atom.